The van der Waals surface area contributed by atoms with Crippen LogP contribution in [0.1, 0.15) is 38.2 Å². The van der Waals surface area contributed by atoms with Crippen LogP contribution in [0.5, 0.6) is 0 Å². The fourth-order valence-corrected chi connectivity index (χ4v) is 2.48. The van der Waals surface area contributed by atoms with Gasteiger partial charge in [0.05, 0.1) is 17.3 Å². The number of aromatic nitrogens is 1. The zero-order valence-corrected chi connectivity index (χ0v) is 18.8. The van der Waals surface area contributed by atoms with E-state index in [4.69, 9.17) is 4.42 Å². The number of hydrogen-bond donors (Lipinski definition) is 2. The first-order chi connectivity index (χ1) is 13.7. The average molecular weight is 408 g/mol. The van der Waals surface area contributed by atoms with Crippen LogP contribution in [-0.4, -0.2) is 32.2 Å². The summed E-state index contributed by atoms with van der Waals surface area (Å²) in [5, 5.41) is 6.75. The van der Waals surface area contributed by atoms with Gasteiger partial charge in [0.2, 0.25) is 5.76 Å². The van der Waals surface area contributed by atoms with Crippen LogP contribution in [0.2, 0.25) is 0 Å². The Morgan fingerprint density at radius 1 is 1.04 bits per heavy atom. The molecule has 2 aromatic heterocycles. The van der Waals surface area contributed by atoms with Crippen LogP contribution in [0.3, 0.4) is 0 Å². The van der Waals surface area contributed by atoms with E-state index in [2.05, 4.69) is 39.6 Å². The Hall–Kier alpha value is -2.80. The predicted octanol–water partition coefficient (Wildman–Crippen LogP) is 6.30. The summed E-state index contributed by atoms with van der Waals surface area (Å²) in [6.45, 7) is 14.0. The van der Waals surface area contributed by atoms with Gasteiger partial charge in [0.15, 0.2) is 11.0 Å². The van der Waals surface area contributed by atoms with Crippen LogP contribution < -0.4 is 10.6 Å². The number of fused-ring (bicyclic) bond motifs is 1. The summed E-state index contributed by atoms with van der Waals surface area (Å²) in [6, 6.07) is 11.3. The highest BCUT2D eigenvalue weighted by atomic mass is 32.1. The predicted molar refractivity (Wildman–Crippen MR) is 123 cm³/mol. The van der Waals surface area contributed by atoms with Crippen LogP contribution in [0.25, 0.3) is 10.2 Å². The summed E-state index contributed by atoms with van der Waals surface area (Å²) < 4.78 is 10.7. The molecule has 0 saturated carbocycles. The van der Waals surface area contributed by atoms with E-state index >= 15 is 0 Å². The Bertz CT molecular complexity index is 736. The first kappa shape index (κ1) is 27.4. The second-order valence-corrected chi connectivity index (χ2v) is 5.17. The third-order valence-corrected chi connectivity index (χ3v) is 3.80. The monoisotopic (exact) mass is 407 g/mol. The standard InChI is InChI=1S/C8H8N2S.C7H9NO3.2C2H6.C2H4/c1-9-8-10-6-4-2-3-5-7(6)11-8;1-8-6-4-3-5(11-6)7(9)10-2;3*1-2/h2-5H,1H3,(H,9,10);3-4,8H,1-2H3;2*1-2H3;1-2H2. The first-order valence-electron chi connectivity index (χ1n) is 9.07. The number of hydrogen-bond acceptors (Lipinski definition) is 7. The summed E-state index contributed by atoms with van der Waals surface area (Å²) in [4.78, 5) is 15.1. The van der Waals surface area contributed by atoms with Crippen molar-refractivity contribution in [3.8, 4) is 0 Å². The summed E-state index contributed by atoms with van der Waals surface area (Å²) in [6.07, 6.45) is 0. The first-order valence-corrected chi connectivity index (χ1v) is 9.88. The van der Waals surface area contributed by atoms with Crippen LogP contribution in [-0.2, 0) is 4.74 Å². The number of esters is 1. The number of benzene rings is 1. The molecule has 3 rings (SSSR count). The Morgan fingerprint density at radius 3 is 2.11 bits per heavy atom. The van der Waals surface area contributed by atoms with Crippen LogP contribution in [0.15, 0.2) is 54.0 Å². The number of rotatable bonds is 3. The van der Waals surface area contributed by atoms with E-state index in [1.165, 1.54) is 11.8 Å². The van der Waals surface area contributed by atoms with Gasteiger partial charge in [-0.25, -0.2) is 9.78 Å². The molecule has 0 bridgehead atoms. The highest BCUT2D eigenvalue weighted by molar-refractivity contribution is 7.22. The molecular weight excluding hydrogens is 374 g/mol. The second-order valence-electron chi connectivity index (χ2n) is 4.14. The van der Waals surface area contributed by atoms with Crippen LogP contribution in [0, 0.1) is 0 Å². The zero-order chi connectivity index (χ0) is 21.9. The van der Waals surface area contributed by atoms with Crippen molar-refractivity contribution < 1.29 is 13.9 Å². The van der Waals surface area contributed by atoms with E-state index < -0.39 is 5.97 Å². The number of methoxy groups -OCH3 is 1. The van der Waals surface area contributed by atoms with E-state index in [1.807, 2.05) is 52.9 Å². The molecule has 0 radical (unpaired) electrons. The van der Waals surface area contributed by atoms with Crippen molar-refractivity contribution in [2.45, 2.75) is 27.7 Å². The molecule has 3 aromatic rings. The lowest BCUT2D eigenvalue weighted by Crippen LogP contribution is -1.98. The van der Waals surface area contributed by atoms with Gasteiger partial charge < -0.3 is 19.8 Å². The third-order valence-electron chi connectivity index (χ3n) is 2.75. The van der Waals surface area contributed by atoms with Gasteiger partial charge in [-0.05, 0) is 18.2 Å². The molecule has 2 N–H and O–H groups in total. The number of nitrogens with zero attached hydrogens (tertiary/aromatic N) is 1. The number of carbonyl (C=O) groups is 1. The number of furan rings is 1. The lowest BCUT2D eigenvalue weighted by molar-refractivity contribution is 0.0566. The van der Waals surface area contributed by atoms with Crippen molar-refractivity contribution in [1.82, 2.24) is 4.98 Å². The molecule has 0 fully saturated rings. The SMILES string of the molecule is C=C.CC.CC.CNc1ccc(C(=O)OC)o1.CNc1nc2ccccc2s1. The maximum atomic E-state index is 10.8. The summed E-state index contributed by atoms with van der Waals surface area (Å²) in [5.74, 6) is 0.286. The molecule has 0 atom stereocenters. The molecule has 6 nitrogen and oxygen atoms in total. The summed E-state index contributed by atoms with van der Waals surface area (Å²) >= 11 is 1.68. The molecule has 0 aliphatic carbocycles. The van der Waals surface area contributed by atoms with E-state index in [1.54, 1.807) is 30.5 Å². The van der Waals surface area contributed by atoms with E-state index in [0.29, 0.717) is 5.88 Å². The molecule has 0 saturated heterocycles. The fourth-order valence-electron chi connectivity index (χ4n) is 1.66. The molecular formula is C21H33N3O3S. The van der Waals surface area contributed by atoms with Gasteiger partial charge in [0.1, 0.15) is 0 Å². The molecule has 0 unspecified atom stereocenters. The highest BCUT2D eigenvalue weighted by Gasteiger charge is 2.09. The Labute approximate surface area is 172 Å². The van der Waals surface area contributed by atoms with Crippen molar-refractivity contribution in [3.63, 3.8) is 0 Å². The quantitative estimate of drug-likeness (QED) is 0.392. The molecule has 1 aromatic carbocycles. The zero-order valence-electron chi connectivity index (χ0n) is 18.0. The van der Waals surface area contributed by atoms with Crippen molar-refractivity contribution in [1.29, 1.82) is 0 Å². The molecule has 7 heteroatoms. The Morgan fingerprint density at radius 2 is 1.64 bits per heavy atom. The average Bonchev–Trinajstić information content (AvgIpc) is 3.44. The number of anilines is 2. The second kappa shape index (κ2) is 17.6. The Balaban J connectivity index is 0. The lowest BCUT2D eigenvalue weighted by Gasteiger charge is -1.93. The normalized spacial score (nSPS) is 8.25. The van der Waals surface area contributed by atoms with E-state index in [-0.39, 0.29) is 5.76 Å². The maximum Gasteiger partial charge on any atom is 0.374 e. The van der Waals surface area contributed by atoms with Gasteiger partial charge in [-0.2, -0.15) is 0 Å². The number of carbonyl (C=O) groups excluding carboxylic acids is 1. The van der Waals surface area contributed by atoms with Crippen molar-refractivity contribution in [2.75, 3.05) is 31.8 Å². The number of nitrogens with one attached hydrogen (secondary N) is 2. The van der Waals surface area contributed by atoms with Gasteiger partial charge in [0, 0.05) is 20.2 Å². The van der Waals surface area contributed by atoms with Gasteiger partial charge in [-0.3, -0.25) is 0 Å². The Kier molecular flexibility index (Phi) is 17.2. The molecule has 2 heterocycles. The number of ether oxygens (including phenoxy) is 1. The van der Waals surface area contributed by atoms with E-state index in [0.717, 1.165) is 10.6 Å². The lowest BCUT2D eigenvalue weighted by atomic mass is 10.3. The third kappa shape index (κ3) is 9.23. The van der Waals surface area contributed by atoms with Crippen LogP contribution in [0.4, 0.5) is 11.0 Å². The van der Waals surface area contributed by atoms with Gasteiger partial charge >= 0.3 is 5.97 Å². The van der Waals surface area contributed by atoms with Crippen LogP contribution >= 0.6 is 11.3 Å². The van der Waals surface area contributed by atoms with Crippen molar-refractivity contribution in [3.05, 3.63) is 55.3 Å². The van der Waals surface area contributed by atoms with Crippen molar-refractivity contribution in [2.24, 2.45) is 0 Å². The smallest absolute Gasteiger partial charge is 0.374 e. The maximum absolute atomic E-state index is 10.8. The number of para-hydroxylation sites is 1. The minimum atomic E-state index is -0.466. The summed E-state index contributed by atoms with van der Waals surface area (Å²) in [5.41, 5.74) is 1.07. The molecule has 0 aliphatic rings. The number of thiazole rings is 1. The largest absolute Gasteiger partial charge is 0.463 e. The minimum absolute atomic E-state index is 0.205. The van der Waals surface area contributed by atoms with Gasteiger partial charge in [0.25, 0.3) is 0 Å². The summed E-state index contributed by atoms with van der Waals surface area (Å²) in [7, 11) is 4.90. The van der Waals surface area contributed by atoms with Gasteiger partial charge in [-0.1, -0.05) is 51.2 Å². The molecule has 28 heavy (non-hydrogen) atoms. The molecule has 156 valence electrons. The molecule has 0 spiro atoms. The highest BCUT2D eigenvalue weighted by Crippen LogP contribution is 2.24. The topological polar surface area (TPSA) is 76.4 Å². The molecule has 0 aliphatic heterocycles. The van der Waals surface area contributed by atoms with Crippen molar-refractivity contribution >= 4 is 38.5 Å². The molecule has 0 amide bonds. The van der Waals surface area contributed by atoms with E-state index in [9.17, 15) is 4.79 Å². The fraction of sp³-hybridized carbons (Fsp3) is 0.333. The van der Waals surface area contributed by atoms with Gasteiger partial charge in [-0.15, -0.1) is 13.2 Å². The minimum Gasteiger partial charge on any atom is -0.463 e.